The van der Waals surface area contributed by atoms with Crippen LogP contribution in [-0.4, -0.2) is 35.1 Å². The maximum absolute atomic E-state index is 12.5. The van der Waals surface area contributed by atoms with Crippen molar-refractivity contribution in [2.75, 3.05) is 19.5 Å². The monoisotopic (exact) mass is 372 g/mol. The van der Waals surface area contributed by atoms with Crippen LogP contribution in [0.4, 0.5) is 5.69 Å². The average Bonchev–Trinajstić information content (AvgIpc) is 3.13. The Morgan fingerprint density at radius 3 is 2.62 bits per heavy atom. The number of benzene rings is 2. The average molecular weight is 373 g/mol. The first kappa shape index (κ1) is 17.8. The number of carbonyl (C=O) groups is 1. The molecule has 134 valence electrons. The Balaban J connectivity index is 1.85. The first-order chi connectivity index (χ1) is 12.5. The highest BCUT2D eigenvalue weighted by Crippen LogP contribution is 2.36. The third-order valence-corrected chi connectivity index (χ3v) is 4.01. The van der Waals surface area contributed by atoms with Crippen LogP contribution in [0.3, 0.4) is 0 Å². The number of ether oxygens (including phenoxy) is 2. The summed E-state index contributed by atoms with van der Waals surface area (Å²) in [7, 11) is 2.98. The van der Waals surface area contributed by atoms with Crippen LogP contribution >= 0.6 is 11.6 Å². The third-order valence-electron chi connectivity index (χ3n) is 3.71. The van der Waals surface area contributed by atoms with Gasteiger partial charge in [-0.3, -0.25) is 4.79 Å². The molecule has 3 aromatic rings. The third kappa shape index (κ3) is 3.62. The van der Waals surface area contributed by atoms with E-state index in [9.17, 15) is 4.79 Å². The molecular weight excluding hydrogens is 356 g/mol. The zero-order chi connectivity index (χ0) is 18.7. The van der Waals surface area contributed by atoms with Gasteiger partial charge in [0.1, 0.15) is 11.5 Å². The number of nitrogens with zero attached hydrogens (tertiary/aromatic N) is 3. The van der Waals surface area contributed by atoms with Gasteiger partial charge in [-0.05, 0) is 24.6 Å². The molecule has 0 fully saturated rings. The van der Waals surface area contributed by atoms with Crippen molar-refractivity contribution in [2.24, 2.45) is 0 Å². The lowest BCUT2D eigenvalue weighted by Gasteiger charge is -2.12. The molecule has 0 spiro atoms. The summed E-state index contributed by atoms with van der Waals surface area (Å²) in [5.74, 6) is 0.410. The Kier molecular flexibility index (Phi) is 5.09. The van der Waals surface area contributed by atoms with E-state index in [1.54, 1.807) is 23.0 Å². The van der Waals surface area contributed by atoms with Gasteiger partial charge >= 0.3 is 0 Å². The molecule has 7 nitrogen and oxygen atoms in total. The minimum atomic E-state index is -0.424. The van der Waals surface area contributed by atoms with Crippen LogP contribution in [0.25, 0.3) is 5.69 Å². The van der Waals surface area contributed by atoms with Crippen molar-refractivity contribution in [3.63, 3.8) is 0 Å². The maximum Gasteiger partial charge on any atom is 0.277 e. The number of nitrogens with one attached hydrogen (secondary N) is 1. The molecule has 1 N–H and O–H groups in total. The standard InChI is InChI=1S/C18H17ClN4O3/c1-11-5-4-6-12(7-11)23-10-15(21-22-23)18(24)20-14-9-16(25-2)13(19)8-17(14)26-3/h4-10H,1-3H3,(H,20,24). The Hall–Kier alpha value is -3.06. The minimum Gasteiger partial charge on any atom is -0.495 e. The maximum atomic E-state index is 12.5. The van der Waals surface area contributed by atoms with Gasteiger partial charge in [0.2, 0.25) is 0 Å². The van der Waals surface area contributed by atoms with Gasteiger partial charge in [0.25, 0.3) is 5.91 Å². The summed E-state index contributed by atoms with van der Waals surface area (Å²) in [5, 5.41) is 11.1. The molecule has 3 rings (SSSR count). The molecule has 0 atom stereocenters. The molecule has 0 aliphatic carbocycles. The van der Waals surface area contributed by atoms with Gasteiger partial charge in [-0.15, -0.1) is 5.10 Å². The first-order valence-corrected chi connectivity index (χ1v) is 8.12. The predicted molar refractivity (Wildman–Crippen MR) is 98.6 cm³/mol. The van der Waals surface area contributed by atoms with Crippen molar-refractivity contribution in [3.8, 4) is 17.2 Å². The van der Waals surface area contributed by atoms with Crippen molar-refractivity contribution >= 4 is 23.2 Å². The summed E-state index contributed by atoms with van der Waals surface area (Å²) < 4.78 is 12.0. The molecule has 1 aromatic heterocycles. The number of rotatable bonds is 5. The van der Waals surface area contributed by atoms with Crippen LogP contribution in [0.1, 0.15) is 16.1 Å². The van der Waals surface area contributed by atoms with E-state index in [1.165, 1.54) is 14.2 Å². The van der Waals surface area contributed by atoms with E-state index in [4.69, 9.17) is 21.1 Å². The number of carbonyl (C=O) groups excluding carboxylic acids is 1. The normalized spacial score (nSPS) is 10.5. The molecule has 0 bridgehead atoms. The van der Waals surface area contributed by atoms with Crippen LogP contribution in [0.15, 0.2) is 42.6 Å². The van der Waals surface area contributed by atoms with Gasteiger partial charge in [-0.1, -0.05) is 28.9 Å². The Morgan fingerprint density at radius 2 is 1.92 bits per heavy atom. The fourth-order valence-corrected chi connectivity index (χ4v) is 2.64. The zero-order valence-corrected chi connectivity index (χ0v) is 15.2. The lowest BCUT2D eigenvalue weighted by atomic mass is 10.2. The second-order valence-corrected chi connectivity index (χ2v) is 5.94. The number of aryl methyl sites for hydroxylation is 1. The summed E-state index contributed by atoms with van der Waals surface area (Å²) >= 11 is 6.07. The smallest absolute Gasteiger partial charge is 0.277 e. The van der Waals surface area contributed by atoms with Crippen LogP contribution in [0, 0.1) is 6.92 Å². The highest BCUT2D eigenvalue weighted by Gasteiger charge is 2.16. The van der Waals surface area contributed by atoms with E-state index in [0.717, 1.165) is 11.3 Å². The van der Waals surface area contributed by atoms with Gasteiger partial charge in [0.05, 0.1) is 36.8 Å². The summed E-state index contributed by atoms with van der Waals surface area (Å²) in [6.45, 7) is 1.98. The Labute approximate surface area is 155 Å². The fourth-order valence-electron chi connectivity index (χ4n) is 2.41. The quantitative estimate of drug-likeness (QED) is 0.741. The largest absolute Gasteiger partial charge is 0.495 e. The number of aromatic nitrogens is 3. The van der Waals surface area contributed by atoms with Crippen molar-refractivity contribution in [1.29, 1.82) is 0 Å². The molecule has 0 saturated carbocycles. The summed E-state index contributed by atoms with van der Waals surface area (Å²) in [6, 6.07) is 10.9. The van der Waals surface area contributed by atoms with Crippen LogP contribution in [-0.2, 0) is 0 Å². The summed E-state index contributed by atoms with van der Waals surface area (Å²) in [5.41, 5.74) is 2.50. The molecule has 8 heteroatoms. The summed E-state index contributed by atoms with van der Waals surface area (Å²) in [4.78, 5) is 12.5. The van der Waals surface area contributed by atoms with E-state index in [1.807, 2.05) is 31.2 Å². The van der Waals surface area contributed by atoms with E-state index in [2.05, 4.69) is 15.6 Å². The highest BCUT2D eigenvalue weighted by atomic mass is 35.5. The van der Waals surface area contributed by atoms with Crippen LogP contribution in [0.5, 0.6) is 11.5 Å². The zero-order valence-electron chi connectivity index (χ0n) is 14.5. The predicted octanol–water partition coefficient (Wildman–Crippen LogP) is 3.50. The number of hydrogen-bond acceptors (Lipinski definition) is 5. The lowest BCUT2D eigenvalue weighted by Crippen LogP contribution is -2.13. The molecule has 0 aliphatic rings. The van der Waals surface area contributed by atoms with Gasteiger partial charge in [-0.2, -0.15) is 0 Å². The number of anilines is 1. The number of hydrogen-bond donors (Lipinski definition) is 1. The van der Waals surface area contributed by atoms with Crippen molar-refractivity contribution in [3.05, 3.63) is 58.9 Å². The van der Waals surface area contributed by atoms with E-state index in [0.29, 0.717) is 22.2 Å². The lowest BCUT2D eigenvalue weighted by molar-refractivity contribution is 0.102. The number of halogens is 1. The second-order valence-electron chi connectivity index (χ2n) is 5.53. The molecule has 1 heterocycles. The molecule has 0 aliphatic heterocycles. The van der Waals surface area contributed by atoms with E-state index in [-0.39, 0.29) is 5.69 Å². The molecule has 0 saturated heterocycles. The molecule has 2 aromatic carbocycles. The minimum absolute atomic E-state index is 0.169. The van der Waals surface area contributed by atoms with Gasteiger partial charge < -0.3 is 14.8 Å². The van der Waals surface area contributed by atoms with Crippen LogP contribution in [0.2, 0.25) is 5.02 Å². The van der Waals surface area contributed by atoms with Crippen LogP contribution < -0.4 is 14.8 Å². The molecule has 0 unspecified atom stereocenters. The molecule has 26 heavy (non-hydrogen) atoms. The van der Waals surface area contributed by atoms with E-state index < -0.39 is 5.91 Å². The SMILES string of the molecule is COc1cc(NC(=O)c2cn(-c3cccc(C)c3)nn2)c(OC)cc1Cl. The first-order valence-electron chi connectivity index (χ1n) is 7.74. The van der Waals surface area contributed by atoms with Gasteiger partial charge in [0.15, 0.2) is 5.69 Å². The van der Waals surface area contributed by atoms with Crippen molar-refractivity contribution in [2.45, 2.75) is 6.92 Å². The van der Waals surface area contributed by atoms with Gasteiger partial charge in [-0.25, -0.2) is 4.68 Å². The second kappa shape index (κ2) is 7.45. The van der Waals surface area contributed by atoms with Crippen molar-refractivity contribution < 1.29 is 14.3 Å². The molecule has 0 radical (unpaired) electrons. The fraction of sp³-hybridized carbons (Fsp3) is 0.167. The topological polar surface area (TPSA) is 78.3 Å². The number of methoxy groups -OCH3 is 2. The number of amides is 1. The van der Waals surface area contributed by atoms with Gasteiger partial charge in [0, 0.05) is 12.1 Å². The Bertz CT molecular complexity index is 955. The van der Waals surface area contributed by atoms with E-state index >= 15 is 0 Å². The molecule has 1 amide bonds. The van der Waals surface area contributed by atoms with Crippen molar-refractivity contribution in [1.82, 2.24) is 15.0 Å². The highest BCUT2D eigenvalue weighted by molar-refractivity contribution is 6.32. The summed E-state index contributed by atoms with van der Waals surface area (Å²) in [6.07, 6.45) is 1.56. The Morgan fingerprint density at radius 1 is 1.15 bits per heavy atom. The molecular formula is C18H17ClN4O3.